The van der Waals surface area contributed by atoms with Crippen molar-refractivity contribution in [3.8, 4) is 11.3 Å². The Bertz CT molecular complexity index is 1410. The number of piperidine rings is 1. The number of hydrogen-bond acceptors (Lipinski definition) is 7. The molecule has 1 aliphatic heterocycles. The molecule has 0 spiro atoms. The van der Waals surface area contributed by atoms with Crippen LogP contribution in [0.3, 0.4) is 0 Å². The fraction of sp³-hybridized carbons (Fsp3) is 0.419. The topological polar surface area (TPSA) is 128 Å². The molecule has 16 heteroatoms. The molecule has 2 aliphatic rings. The molecule has 1 saturated heterocycles. The first-order valence-electron chi connectivity index (χ1n) is 14.6. The third-order valence-electron chi connectivity index (χ3n) is 7.35. The first-order chi connectivity index (χ1) is 22.1. The number of nitrogens with zero attached hydrogens (tertiary/aromatic N) is 3. The van der Waals surface area contributed by atoms with E-state index in [1.54, 1.807) is 0 Å². The van der Waals surface area contributed by atoms with Crippen molar-refractivity contribution in [3.05, 3.63) is 70.4 Å². The van der Waals surface area contributed by atoms with Gasteiger partial charge in [-0.3, -0.25) is 0 Å². The van der Waals surface area contributed by atoms with Gasteiger partial charge in [-0.05, 0) is 78.6 Å². The van der Waals surface area contributed by atoms with Crippen LogP contribution in [0.15, 0.2) is 66.9 Å². The minimum Gasteiger partial charge on any atom is -0.475 e. The Kier molecular flexibility index (Phi) is 14.0. The van der Waals surface area contributed by atoms with Gasteiger partial charge in [-0.25, -0.2) is 19.6 Å². The van der Waals surface area contributed by atoms with Crippen molar-refractivity contribution in [1.29, 1.82) is 0 Å². The van der Waals surface area contributed by atoms with Crippen molar-refractivity contribution < 1.29 is 46.1 Å². The molecule has 1 saturated carbocycles. The Hall–Kier alpha value is -3.67. The first kappa shape index (κ1) is 37.8. The Morgan fingerprint density at radius 1 is 0.809 bits per heavy atom. The van der Waals surface area contributed by atoms with E-state index < -0.39 is 24.3 Å². The molecule has 0 unspecified atom stereocenters. The van der Waals surface area contributed by atoms with Crippen LogP contribution >= 0.6 is 22.6 Å². The SMILES string of the molecule is Ic1ccc(N2CCC[C@H](N[C@@H]3CCCC[C@H]3Nc3nccc(-c4ccccc4)n3)C2)cc1.O=C(O)C(F)(F)F.O=C(O)C(F)(F)F. The quantitative estimate of drug-likeness (QED) is 0.155. The Labute approximate surface area is 280 Å². The molecule has 1 aromatic heterocycles. The Balaban J connectivity index is 0.000000360. The van der Waals surface area contributed by atoms with E-state index in [0.717, 1.165) is 36.7 Å². The number of alkyl halides is 6. The fourth-order valence-electron chi connectivity index (χ4n) is 5.17. The lowest BCUT2D eigenvalue weighted by molar-refractivity contribution is -0.193. The molecule has 2 aromatic carbocycles. The second-order valence-corrected chi connectivity index (χ2v) is 12.1. The van der Waals surface area contributed by atoms with Gasteiger partial charge in [-0.15, -0.1) is 0 Å². The Morgan fingerprint density at radius 3 is 1.96 bits per heavy atom. The molecule has 3 aromatic rings. The van der Waals surface area contributed by atoms with Crippen molar-refractivity contribution >= 4 is 46.2 Å². The molecule has 2 fully saturated rings. The zero-order chi connectivity index (χ0) is 34.6. The van der Waals surface area contributed by atoms with Gasteiger partial charge < -0.3 is 25.7 Å². The van der Waals surface area contributed by atoms with Crippen molar-refractivity contribution in [2.75, 3.05) is 23.3 Å². The minimum atomic E-state index is -5.08. The van der Waals surface area contributed by atoms with Gasteiger partial charge >= 0.3 is 24.3 Å². The van der Waals surface area contributed by atoms with E-state index in [0.29, 0.717) is 18.1 Å². The molecule has 0 bridgehead atoms. The van der Waals surface area contributed by atoms with Crippen LogP contribution in [0.4, 0.5) is 38.0 Å². The maximum Gasteiger partial charge on any atom is 0.490 e. The van der Waals surface area contributed by atoms with Gasteiger partial charge in [0, 0.05) is 52.2 Å². The zero-order valence-electron chi connectivity index (χ0n) is 24.9. The highest BCUT2D eigenvalue weighted by molar-refractivity contribution is 14.1. The Morgan fingerprint density at radius 2 is 1.38 bits per heavy atom. The van der Waals surface area contributed by atoms with Crippen LogP contribution in [0, 0.1) is 3.57 Å². The summed E-state index contributed by atoms with van der Waals surface area (Å²) in [5, 5.41) is 22.0. The lowest BCUT2D eigenvalue weighted by Gasteiger charge is -2.40. The second kappa shape index (κ2) is 17.5. The van der Waals surface area contributed by atoms with Crippen LogP contribution in [-0.4, -0.2) is 75.7 Å². The molecule has 256 valence electrons. The molecule has 1 aliphatic carbocycles. The number of hydrogen-bond donors (Lipinski definition) is 4. The van der Waals surface area contributed by atoms with E-state index >= 15 is 0 Å². The summed E-state index contributed by atoms with van der Waals surface area (Å²) in [5.41, 5.74) is 3.43. The predicted octanol–water partition coefficient (Wildman–Crippen LogP) is 7.00. The summed E-state index contributed by atoms with van der Waals surface area (Å²) in [7, 11) is 0. The maximum atomic E-state index is 10.6. The number of aliphatic carboxylic acids is 2. The van der Waals surface area contributed by atoms with Crippen molar-refractivity contribution in [3.63, 3.8) is 0 Å². The van der Waals surface area contributed by atoms with Gasteiger partial charge in [0.15, 0.2) is 0 Å². The summed E-state index contributed by atoms with van der Waals surface area (Å²) < 4.78 is 64.8. The highest BCUT2D eigenvalue weighted by Gasteiger charge is 2.39. The number of nitrogens with one attached hydrogen (secondary N) is 2. The molecule has 0 radical (unpaired) electrons. The summed E-state index contributed by atoms with van der Waals surface area (Å²) >= 11 is 2.38. The average molecular weight is 782 g/mol. The van der Waals surface area contributed by atoms with Crippen molar-refractivity contribution in [2.45, 2.75) is 69.0 Å². The number of aromatic nitrogens is 2. The van der Waals surface area contributed by atoms with Crippen LogP contribution in [0.5, 0.6) is 0 Å². The minimum absolute atomic E-state index is 0.360. The number of carboxylic acids is 2. The predicted molar refractivity (Wildman–Crippen MR) is 172 cm³/mol. The van der Waals surface area contributed by atoms with E-state index in [1.807, 2.05) is 18.3 Å². The summed E-state index contributed by atoms with van der Waals surface area (Å²) in [6.45, 7) is 2.22. The zero-order valence-corrected chi connectivity index (χ0v) is 27.1. The summed E-state index contributed by atoms with van der Waals surface area (Å²) in [6, 6.07) is 22.6. The van der Waals surface area contributed by atoms with E-state index in [2.05, 4.69) is 91.6 Å². The highest BCUT2D eigenvalue weighted by atomic mass is 127. The van der Waals surface area contributed by atoms with Gasteiger partial charge in [-0.1, -0.05) is 43.2 Å². The van der Waals surface area contributed by atoms with Gasteiger partial charge in [0.1, 0.15) is 0 Å². The number of carboxylic acid groups (broad SMARTS) is 2. The normalized spacial score (nSPS) is 19.7. The number of rotatable bonds is 6. The standard InChI is InChI=1S/C27H32IN5.2C2HF3O2/c28-21-12-14-23(15-13-21)33-18-6-9-22(19-33)30-25-10-4-5-11-26(25)32-27-29-17-16-24(31-27)20-7-2-1-3-8-20;2*3-2(4,5)1(6)7/h1-3,7-8,12-17,22,25-26,30H,4-6,9-11,18-19H2,(H,29,31,32);2*(H,6,7)/t22-,25+,26+;;/m0../s1. The highest BCUT2D eigenvalue weighted by Crippen LogP contribution is 2.26. The third kappa shape index (κ3) is 12.8. The number of anilines is 2. The maximum absolute atomic E-state index is 10.6. The first-order valence-corrected chi connectivity index (χ1v) is 15.7. The molecule has 3 atom stereocenters. The summed E-state index contributed by atoms with van der Waals surface area (Å²) in [4.78, 5) is 29.7. The summed E-state index contributed by atoms with van der Waals surface area (Å²) in [5.74, 6) is -4.78. The van der Waals surface area contributed by atoms with Gasteiger partial charge in [0.2, 0.25) is 5.95 Å². The van der Waals surface area contributed by atoms with E-state index in [9.17, 15) is 26.3 Å². The molecule has 47 heavy (non-hydrogen) atoms. The van der Waals surface area contributed by atoms with E-state index in [-0.39, 0.29) is 0 Å². The molecule has 2 heterocycles. The average Bonchev–Trinajstić information content (AvgIpc) is 3.03. The monoisotopic (exact) mass is 781 g/mol. The van der Waals surface area contributed by atoms with Crippen LogP contribution in [0.2, 0.25) is 0 Å². The molecular formula is C31H34F6IN5O4. The fourth-order valence-corrected chi connectivity index (χ4v) is 5.53. The lowest BCUT2D eigenvalue weighted by Crippen LogP contribution is -2.55. The van der Waals surface area contributed by atoms with Crippen LogP contribution in [0.1, 0.15) is 38.5 Å². The van der Waals surface area contributed by atoms with Crippen molar-refractivity contribution in [2.24, 2.45) is 0 Å². The third-order valence-corrected chi connectivity index (χ3v) is 8.07. The van der Waals surface area contributed by atoms with Crippen LogP contribution < -0.4 is 15.5 Å². The van der Waals surface area contributed by atoms with Gasteiger partial charge in [0.25, 0.3) is 0 Å². The van der Waals surface area contributed by atoms with Gasteiger partial charge in [-0.2, -0.15) is 26.3 Å². The number of halogens is 7. The van der Waals surface area contributed by atoms with Crippen molar-refractivity contribution in [1.82, 2.24) is 15.3 Å². The van der Waals surface area contributed by atoms with E-state index in [1.165, 1.54) is 41.4 Å². The molecule has 4 N–H and O–H groups in total. The van der Waals surface area contributed by atoms with Gasteiger partial charge in [0.05, 0.1) is 5.69 Å². The largest absolute Gasteiger partial charge is 0.490 e. The lowest BCUT2D eigenvalue weighted by atomic mass is 9.89. The molecule has 9 nitrogen and oxygen atoms in total. The smallest absolute Gasteiger partial charge is 0.475 e. The van der Waals surface area contributed by atoms with Crippen LogP contribution in [-0.2, 0) is 9.59 Å². The summed E-state index contributed by atoms with van der Waals surface area (Å²) in [6.07, 6.45) is -0.925. The number of benzene rings is 2. The number of carbonyl (C=O) groups is 2. The molecule has 5 rings (SSSR count). The second-order valence-electron chi connectivity index (χ2n) is 10.8. The van der Waals surface area contributed by atoms with Crippen LogP contribution in [0.25, 0.3) is 11.3 Å². The molecule has 0 amide bonds. The van der Waals surface area contributed by atoms with E-state index in [4.69, 9.17) is 24.8 Å². The molecular weight excluding hydrogens is 747 g/mol.